The topological polar surface area (TPSA) is 66.6 Å². The van der Waals surface area contributed by atoms with E-state index >= 15 is 0 Å². The van der Waals surface area contributed by atoms with Gasteiger partial charge in [-0.3, -0.25) is 4.79 Å². The molecule has 1 fully saturated rings. The van der Waals surface area contributed by atoms with Gasteiger partial charge >= 0.3 is 6.03 Å². The molecule has 1 rings (SSSR count). The predicted octanol–water partition coefficient (Wildman–Crippen LogP) is -1.16. The number of amides is 3. The summed E-state index contributed by atoms with van der Waals surface area (Å²) in [6, 6.07) is -0.624. The molecule has 1 aliphatic rings. The highest BCUT2D eigenvalue weighted by Gasteiger charge is 2.35. The summed E-state index contributed by atoms with van der Waals surface area (Å²) in [5.74, 6) is -0.454. The van der Waals surface area contributed by atoms with Crippen LogP contribution < -0.4 is 5.73 Å². The first-order valence-electron chi connectivity index (χ1n) is 3.31. The largest absolute Gasteiger partial charge is 0.368 e. The zero-order chi connectivity index (χ0) is 8.59. The third kappa shape index (κ3) is 1.13. The van der Waals surface area contributed by atoms with Crippen LogP contribution in [0.25, 0.3) is 0 Å². The molecular weight excluding hydrogens is 146 g/mol. The zero-order valence-corrected chi connectivity index (χ0v) is 6.57. The smallest absolute Gasteiger partial charge is 0.320 e. The lowest BCUT2D eigenvalue weighted by atomic mass is 10.3. The molecule has 0 aromatic carbocycles. The Kier molecular flexibility index (Phi) is 1.72. The van der Waals surface area contributed by atoms with E-state index in [1.807, 2.05) is 0 Å². The second-order valence-electron chi connectivity index (χ2n) is 2.69. The highest BCUT2D eigenvalue weighted by molar-refractivity contribution is 5.89. The van der Waals surface area contributed by atoms with Gasteiger partial charge < -0.3 is 15.5 Å². The van der Waals surface area contributed by atoms with Crippen molar-refractivity contribution in [2.45, 2.75) is 6.04 Å². The van der Waals surface area contributed by atoms with Crippen LogP contribution in [0, 0.1) is 0 Å². The molecular formula is C6H11N3O2. The Morgan fingerprint density at radius 1 is 1.64 bits per heavy atom. The summed E-state index contributed by atoms with van der Waals surface area (Å²) in [4.78, 5) is 24.6. The quantitative estimate of drug-likeness (QED) is 0.521. The number of nitrogens with two attached hydrogens (primary N) is 1. The van der Waals surface area contributed by atoms with E-state index in [0.717, 1.165) is 0 Å². The monoisotopic (exact) mass is 157 g/mol. The molecule has 5 heteroatoms. The molecule has 1 unspecified atom stereocenters. The fourth-order valence-corrected chi connectivity index (χ4v) is 1.14. The number of carbonyl (C=O) groups excluding carboxylic acids is 2. The van der Waals surface area contributed by atoms with Crippen LogP contribution in [0.5, 0.6) is 0 Å². The van der Waals surface area contributed by atoms with Gasteiger partial charge in [0.15, 0.2) is 0 Å². The maximum absolute atomic E-state index is 11.1. The van der Waals surface area contributed by atoms with Crippen LogP contribution in [0.15, 0.2) is 0 Å². The van der Waals surface area contributed by atoms with Gasteiger partial charge in [0.05, 0.1) is 6.54 Å². The van der Waals surface area contributed by atoms with Gasteiger partial charge in [0.25, 0.3) is 0 Å². The molecule has 2 N–H and O–H groups in total. The van der Waals surface area contributed by atoms with Gasteiger partial charge in [-0.25, -0.2) is 4.79 Å². The summed E-state index contributed by atoms with van der Waals surface area (Å²) >= 11 is 0. The van der Waals surface area contributed by atoms with Crippen molar-refractivity contribution in [2.75, 3.05) is 20.6 Å². The Hall–Kier alpha value is -1.26. The van der Waals surface area contributed by atoms with Crippen molar-refractivity contribution in [1.82, 2.24) is 9.80 Å². The van der Waals surface area contributed by atoms with Crippen LogP contribution in [0.3, 0.4) is 0 Å². The number of carbonyl (C=O) groups is 2. The Labute approximate surface area is 64.7 Å². The number of likely N-dealkylation sites (N-methyl/N-ethyl adjacent to an activating group) is 2. The van der Waals surface area contributed by atoms with Crippen molar-refractivity contribution in [3.05, 3.63) is 0 Å². The number of urea groups is 1. The number of rotatable bonds is 1. The van der Waals surface area contributed by atoms with Crippen molar-refractivity contribution in [3.8, 4) is 0 Å². The third-order valence-electron chi connectivity index (χ3n) is 1.87. The molecule has 0 bridgehead atoms. The van der Waals surface area contributed by atoms with E-state index in [4.69, 9.17) is 5.73 Å². The molecule has 11 heavy (non-hydrogen) atoms. The summed E-state index contributed by atoms with van der Waals surface area (Å²) in [6.07, 6.45) is 0. The first-order valence-corrected chi connectivity index (χ1v) is 3.31. The third-order valence-corrected chi connectivity index (χ3v) is 1.87. The van der Waals surface area contributed by atoms with Crippen molar-refractivity contribution in [1.29, 1.82) is 0 Å². The van der Waals surface area contributed by atoms with Gasteiger partial charge in [-0.05, 0) is 0 Å². The summed E-state index contributed by atoms with van der Waals surface area (Å²) in [5.41, 5.74) is 5.05. The van der Waals surface area contributed by atoms with Gasteiger partial charge in [-0.1, -0.05) is 0 Å². The molecule has 1 aliphatic heterocycles. The van der Waals surface area contributed by atoms with E-state index in [0.29, 0.717) is 6.54 Å². The Bertz CT molecular complexity index is 204. The number of primary amides is 1. The number of hydrogen-bond donors (Lipinski definition) is 1. The van der Waals surface area contributed by atoms with E-state index in [-0.39, 0.29) is 6.03 Å². The second kappa shape index (κ2) is 2.41. The van der Waals surface area contributed by atoms with Crippen LogP contribution >= 0.6 is 0 Å². The lowest BCUT2D eigenvalue weighted by Crippen LogP contribution is -2.40. The SMILES string of the molecule is CN1CC(C(N)=O)N(C)C1=O. The average molecular weight is 157 g/mol. The second-order valence-corrected chi connectivity index (χ2v) is 2.69. The molecule has 5 nitrogen and oxygen atoms in total. The molecule has 1 heterocycles. The molecule has 0 radical (unpaired) electrons. The lowest BCUT2D eigenvalue weighted by Gasteiger charge is -2.13. The fraction of sp³-hybridized carbons (Fsp3) is 0.667. The Morgan fingerprint density at radius 3 is 2.36 bits per heavy atom. The van der Waals surface area contributed by atoms with Crippen LogP contribution in [0.2, 0.25) is 0 Å². The molecule has 0 spiro atoms. The Balaban J connectivity index is 2.75. The van der Waals surface area contributed by atoms with E-state index in [1.165, 1.54) is 9.80 Å². The molecule has 0 aromatic heterocycles. The van der Waals surface area contributed by atoms with Gasteiger partial charge in [-0.2, -0.15) is 0 Å². The Morgan fingerprint density at radius 2 is 2.18 bits per heavy atom. The van der Waals surface area contributed by atoms with E-state index in [1.54, 1.807) is 14.1 Å². The molecule has 1 saturated heterocycles. The standard InChI is InChI=1S/C6H11N3O2/c1-8-3-4(5(7)10)9(2)6(8)11/h4H,3H2,1-2H3,(H2,7,10). The highest BCUT2D eigenvalue weighted by Crippen LogP contribution is 2.10. The van der Waals surface area contributed by atoms with Crippen LogP contribution in [0.4, 0.5) is 4.79 Å². The fourth-order valence-electron chi connectivity index (χ4n) is 1.14. The first-order chi connectivity index (χ1) is 5.04. The summed E-state index contributed by atoms with van der Waals surface area (Å²) in [5, 5.41) is 0. The number of hydrogen-bond acceptors (Lipinski definition) is 2. The zero-order valence-electron chi connectivity index (χ0n) is 6.57. The van der Waals surface area contributed by atoms with Crippen LogP contribution in [-0.2, 0) is 4.79 Å². The van der Waals surface area contributed by atoms with E-state index < -0.39 is 11.9 Å². The van der Waals surface area contributed by atoms with Gasteiger partial charge in [0.1, 0.15) is 6.04 Å². The van der Waals surface area contributed by atoms with Gasteiger partial charge in [-0.15, -0.1) is 0 Å². The predicted molar refractivity (Wildman–Crippen MR) is 38.8 cm³/mol. The maximum atomic E-state index is 11.1. The van der Waals surface area contributed by atoms with Crippen LogP contribution in [-0.4, -0.2) is 48.4 Å². The maximum Gasteiger partial charge on any atom is 0.320 e. The highest BCUT2D eigenvalue weighted by atomic mass is 16.2. The van der Waals surface area contributed by atoms with Crippen molar-refractivity contribution in [3.63, 3.8) is 0 Å². The minimum absolute atomic E-state index is 0.159. The minimum atomic E-state index is -0.465. The van der Waals surface area contributed by atoms with Gasteiger partial charge in [0, 0.05) is 14.1 Å². The first kappa shape index (κ1) is 7.84. The molecule has 62 valence electrons. The van der Waals surface area contributed by atoms with Crippen molar-refractivity contribution in [2.24, 2.45) is 5.73 Å². The lowest BCUT2D eigenvalue weighted by molar-refractivity contribution is -0.121. The number of nitrogens with zero attached hydrogens (tertiary/aromatic N) is 2. The van der Waals surface area contributed by atoms with Crippen molar-refractivity contribution >= 4 is 11.9 Å². The summed E-state index contributed by atoms with van der Waals surface area (Å²) < 4.78 is 0. The molecule has 0 aromatic rings. The van der Waals surface area contributed by atoms with E-state index in [9.17, 15) is 9.59 Å². The normalized spacial score (nSPS) is 24.5. The average Bonchev–Trinajstić information content (AvgIpc) is 2.17. The molecule has 0 saturated carbocycles. The van der Waals surface area contributed by atoms with E-state index in [2.05, 4.69) is 0 Å². The molecule has 0 aliphatic carbocycles. The summed E-state index contributed by atoms with van der Waals surface area (Å²) in [6.45, 7) is 0.394. The summed E-state index contributed by atoms with van der Waals surface area (Å²) in [7, 11) is 3.21. The molecule has 3 amide bonds. The van der Waals surface area contributed by atoms with Crippen molar-refractivity contribution < 1.29 is 9.59 Å². The van der Waals surface area contributed by atoms with Gasteiger partial charge in [0.2, 0.25) is 5.91 Å². The molecule has 1 atom stereocenters. The minimum Gasteiger partial charge on any atom is -0.368 e. The van der Waals surface area contributed by atoms with Crippen LogP contribution in [0.1, 0.15) is 0 Å².